The van der Waals surface area contributed by atoms with Gasteiger partial charge in [-0.1, -0.05) is 12.1 Å². The first kappa shape index (κ1) is 11.5. The van der Waals surface area contributed by atoms with E-state index in [-0.39, 0.29) is 0 Å². The number of fused-ring (bicyclic) bond motifs is 3. The van der Waals surface area contributed by atoms with Gasteiger partial charge < -0.3 is 5.11 Å². The maximum Gasteiger partial charge on any atom is 0.345 e. The number of rotatable bonds is 1. The van der Waals surface area contributed by atoms with Crippen molar-refractivity contribution in [2.24, 2.45) is 0 Å². The van der Waals surface area contributed by atoms with Gasteiger partial charge in [0, 0.05) is 4.88 Å². The predicted molar refractivity (Wildman–Crippen MR) is 73.6 cm³/mol. The van der Waals surface area contributed by atoms with Gasteiger partial charge in [-0.3, -0.25) is 0 Å². The molecule has 0 unspecified atom stereocenters. The van der Waals surface area contributed by atoms with Crippen molar-refractivity contribution < 1.29 is 9.90 Å². The molecule has 1 aliphatic rings. The Morgan fingerprint density at radius 2 is 2.06 bits per heavy atom. The van der Waals surface area contributed by atoms with Crippen molar-refractivity contribution in [3.63, 3.8) is 0 Å². The molecule has 0 atom stereocenters. The fraction of sp³-hybridized carbons (Fsp3) is 0.267. The van der Waals surface area contributed by atoms with Gasteiger partial charge in [0.15, 0.2) is 0 Å². The lowest BCUT2D eigenvalue weighted by Gasteiger charge is -2.19. The van der Waals surface area contributed by atoms with E-state index in [2.05, 4.69) is 26.0 Å². The van der Waals surface area contributed by atoms with Gasteiger partial charge in [-0.25, -0.2) is 4.79 Å². The summed E-state index contributed by atoms with van der Waals surface area (Å²) in [6, 6.07) is 6.10. The standard InChI is InChI=1S/C15H14O2S/c1-8-3-5-12-11(9(8)2)6-4-10-7-13(15(16)17)18-14(10)12/h3,5,7H,4,6H2,1-2H3,(H,16,17). The van der Waals surface area contributed by atoms with Gasteiger partial charge >= 0.3 is 5.97 Å². The highest BCUT2D eigenvalue weighted by molar-refractivity contribution is 7.17. The molecule has 18 heavy (non-hydrogen) atoms. The molecule has 2 nitrogen and oxygen atoms in total. The molecule has 0 spiro atoms. The molecule has 0 saturated carbocycles. The van der Waals surface area contributed by atoms with Gasteiger partial charge in [0.05, 0.1) is 0 Å². The lowest BCUT2D eigenvalue weighted by atomic mass is 9.87. The fourth-order valence-corrected chi connectivity index (χ4v) is 3.72. The molecule has 0 bridgehead atoms. The normalized spacial score (nSPS) is 13.0. The zero-order valence-corrected chi connectivity index (χ0v) is 11.2. The van der Waals surface area contributed by atoms with Crippen LogP contribution in [0.3, 0.4) is 0 Å². The molecule has 1 N–H and O–H groups in total. The SMILES string of the molecule is Cc1ccc2c(c1C)CCc1cc(C(=O)O)sc1-2. The molecule has 1 aromatic heterocycles. The van der Waals surface area contributed by atoms with Gasteiger partial charge in [-0.15, -0.1) is 11.3 Å². The van der Waals surface area contributed by atoms with E-state index in [0.717, 1.165) is 17.7 Å². The smallest absolute Gasteiger partial charge is 0.345 e. The molecule has 3 rings (SSSR count). The maximum absolute atomic E-state index is 11.1. The van der Waals surface area contributed by atoms with Gasteiger partial charge in [-0.05, 0) is 60.6 Å². The summed E-state index contributed by atoms with van der Waals surface area (Å²) in [5.41, 5.74) is 6.47. The van der Waals surface area contributed by atoms with Crippen LogP contribution in [0.1, 0.15) is 31.9 Å². The second kappa shape index (κ2) is 3.95. The minimum absolute atomic E-state index is 0.450. The molecule has 0 fully saturated rings. The lowest BCUT2D eigenvalue weighted by Crippen LogP contribution is -2.04. The average Bonchev–Trinajstić information content (AvgIpc) is 2.77. The molecule has 2 aromatic rings. The topological polar surface area (TPSA) is 37.3 Å². The largest absolute Gasteiger partial charge is 0.477 e. The number of benzene rings is 1. The Morgan fingerprint density at radius 3 is 2.78 bits per heavy atom. The van der Waals surface area contributed by atoms with Crippen molar-refractivity contribution in [3.8, 4) is 10.4 Å². The molecule has 1 aliphatic carbocycles. The summed E-state index contributed by atoms with van der Waals surface area (Å²) >= 11 is 1.40. The Morgan fingerprint density at radius 1 is 1.28 bits per heavy atom. The summed E-state index contributed by atoms with van der Waals surface area (Å²) in [5.74, 6) is -0.820. The zero-order chi connectivity index (χ0) is 12.9. The summed E-state index contributed by atoms with van der Waals surface area (Å²) < 4.78 is 0. The van der Waals surface area contributed by atoms with Crippen LogP contribution in [0.4, 0.5) is 0 Å². The predicted octanol–water partition coefficient (Wildman–Crippen LogP) is 3.83. The van der Waals surface area contributed by atoms with Crippen molar-refractivity contribution in [2.45, 2.75) is 26.7 Å². The molecule has 0 amide bonds. The van der Waals surface area contributed by atoms with E-state index in [9.17, 15) is 4.79 Å². The highest BCUT2D eigenvalue weighted by atomic mass is 32.1. The van der Waals surface area contributed by atoms with Crippen molar-refractivity contribution in [1.82, 2.24) is 0 Å². The summed E-state index contributed by atoms with van der Waals surface area (Å²) in [6.07, 6.45) is 1.97. The van der Waals surface area contributed by atoms with Crippen molar-refractivity contribution in [3.05, 3.63) is 45.3 Å². The van der Waals surface area contributed by atoms with E-state index >= 15 is 0 Å². The van der Waals surface area contributed by atoms with Crippen molar-refractivity contribution in [1.29, 1.82) is 0 Å². The minimum Gasteiger partial charge on any atom is -0.477 e. The van der Waals surface area contributed by atoms with E-state index in [4.69, 9.17) is 5.11 Å². The van der Waals surface area contributed by atoms with Crippen LogP contribution >= 0.6 is 11.3 Å². The summed E-state index contributed by atoms with van der Waals surface area (Å²) in [5, 5.41) is 9.09. The minimum atomic E-state index is -0.820. The summed E-state index contributed by atoms with van der Waals surface area (Å²) in [4.78, 5) is 12.7. The number of carboxylic acid groups (broad SMARTS) is 1. The highest BCUT2D eigenvalue weighted by Crippen LogP contribution is 2.41. The molecular formula is C15H14O2S. The quantitative estimate of drug-likeness (QED) is 0.844. The second-order valence-corrected chi connectivity index (χ2v) is 5.86. The number of aryl methyl sites for hydroxylation is 2. The second-order valence-electron chi connectivity index (χ2n) is 4.80. The van der Waals surface area contributed by atoms with Crippen LogP contribution in [0.15, 0.2) is 18.2 Å². The van der Waals surface area contributed by atoms with Gasteiger partial charge in [-0.2, -0.15) is 0 Å². The molecule has 0 aliphatic heterocycles. The summed E-state index contributed by atoms with van der Waals surface area (Å²) in [7, 11) is 0. The molecule has 1 aromatic carbocycles. The number of aromatic carboxylic acids is 1. The molecule has 3 heteroatoms. The third kappa shape index (κ3) is 1.58. The average molecular weight is 258 g/mol. The van der Waals surface area contributed by atoms with Gasteiger partial charge in [0.1, 0.15) is 4.88 Å². The fourth-order valence-electron chi connectivity index (χ4n) is 2.62. The number of hydrogen-bond acceptors (Lipinski definition) is 2. The first-order valence-corrected chi connectivity index (χ1v) is 6.85. The number of hydrogen-bond donors (Lipinski definition) is 1. The molecule has 0 saturated heterocycles. The van der Waals surface area contributed by atoms with E-state index in [1.165, 1.54) is 39.2 Å². The monoisotopic (exact) mass is 258 g/mol. The Balaban J connectivity index is 2.23. The third-order valence-corrected chi connectivity index (χ3v) is 4.98. The number of carbonyl (C=O) groups is 1. The van der Waals surface area contributed by atoms with E-state index in [0.29, 0.717) is 4.88 Å². The van der Waals surface area contributed by atoms with E-state index < -0.39 is 5.97 Å². The highest BCUT2D eigenvalue weighted by Gasteiger charge is 2.22. The molecule has 92 valence electrons. The Labute approximate surface area is 110 Å². The molecule has 1 heterocycles. The zero-order valence-electron chi connectivity index (χ0n) is 10.4. The molecular weight excluding hydrogens is 244 g/mol. The Kier molecular flexibility index (Phi) is 2.52. The first-order valence-electron chi connectivity index (χ1n) is 6.03. The van der Waals surface area contributed by atoms with Crippen LogP contribution in [-0.4, -0.2) is 11.1 Å². The van der Waals surface area contributed by atoms with Crippen LogP contribution in [0.25, 0.3) is 10.4 Å². The summed E-state index contributed by atoms with van der Waals surface area (Å²) in [6.45, 7) is 4.28. The van der Waals surface area contributed by atoms with Gasteiger partial charge in [0.25, 0.3) is 0 Å². The van der Waals surface area contributed by atoms with Crippen LogP contribution in [0, 0.1) is 13.8 Å². The molecule has 0 radical (unpaired) electrons. The van der Waals surface area contributed by atoms with Gasteiger partial charge in [0.2, 0.25) is 0 Å². The number of thiophene rings is 1. The van der Waals surface area contributed by atoms with Crippen molar-refractivity contribution in [2.75, 3.05) is 0 Å². The third-order valence-electron chi connectivity index (χ3n) is 3.78. The number of carboxylic acids is 1. The van der Waals surface area contributed by atoms with E-state index in [1.807, 2.05) is 6.07 Å². The maximum atomic E-state index is 11.1. The van der Waals surface area contributed by atoms with Crippen molar-refractivity contribution >= 4 is 17.3 Å². The Hall–Kier alpha value is -1.61. The van der Waals surface area contributed by atoms with Crippen LogP contribution < -0.4 is 0 Å². The van der Waals surface area contributed by atoms with Crippen LogP contribution in [0.2, 0.25) is 0 Å². The van der Waals surface area contributed by atoms with E-state index in [1.54, 1.807) is 0 Å². The lowest BCUT2D eigenvalue weighted by molar-refractivity contribution is 0.0702. The first-order chi connectivity index (χ1) is 8.58. The van der Waals surface area contributed by atoms with Crippen LogP contribution in [0.5, 0.6) is 0 Å². The van der Waals surface area contributed by atoms with Crippen LogP contribution in [-0.2, 0) is 12.8 Å². The Bertz CT molecular complexity index is 653.